The van der Waals surface area contributed by atoms with E-state index in [4.69, 9.17) is 24.7 Å². The number of hydrogen-bond acceptors (Lipinski definition) is 12. The molecule has 0 radical (unpaired) electrons. The minimum absolute atomic E-state index is 0.0434. The second-order valence-corrected chi connectivity index (χ2v) is 6.90. The number of carbonyl (C=O) groups is 1. The summed E-state index contributed by atoms with van der Waals surface area (Å²) in [5.74, 6) is -0.503. The van der Waals surface area contributed by atoms with E-state index in [1.165, 1.54) is 6.92 Å². The molecule has 2 heterocycles. The van der Waals surface area contributed by atoms with Crippen molar-refractivity contribution in [2.45, 2.75) is 68.3 Å². The summed E-state index contributed by atoms with van der Waals surface area (Å²) in [6.07, 6.45) is -12.9. The summed E-state index contributed by atoms with van der Waals surface area (Å²) in [7, 11) is 0. The topological polar surface area (TPSA) is 213 Å². The van der Waals surface area contributed by atoms with Crippen LogP contribution in [0.5, 0.6) is 0 Å². The van der Waals surface area contributed by atoms with Gasteiger partial charge in [-0.2, -0.15) is 0 Å². The van der Waals surface area contributed by atoms with Crippen LogP contribution in [0.3, 0.4) is 0 Å². The van der Waals surface area contributed by atoms with Crippen LogP contribution in [-0.4, -0.2) is 124 Å². The van der Waals surface area contributed by atoms with Crippen molar-refractivity contribution in [3.8, 4) is 0 Å². The van der Waals surface area contributed by atoms with E-state index in [0.717, 1.165) is 0 Å². The fraction of sp³-hybridized carbons (Fsp3) is 0.938. The molecule has 1 amide bonds. The van der Waals surface area contributed by atoms with E-state index < -0.39 is 80.5 Å². The zero-order chi connectivity index (χ0) is 21.7. The molecule has 0 saturated carbocycles. The van der Waals surface area contributed by atoms with Gasteiger partial charge in [-0.25, -0.2) is 0 Å². The zero-order valence-electron chi connectivity index (χ0n) is 15.9. The van der Waals surface area contributed by atoms with Gasteiger partial charge in [0.05, 0.1) is 19.8 Å². The third-order valence-electron chi connectivity index (χ3n) is 4.76. The van der Waals surface area contributed by atoms with E-state index in [1.54, 1.807) is 0 Å². The van der Waals surface area contributed by atoms with Crippen LogP contribution in [0.2, 0.25) is 0 Å². The molecule has 170 valence electrons. The van der Waals surface area contributed by atoms with Crippen molar-refractivity contribution in [3.05, 3.63) is 0 Å². The Bertz CT molecular complexity index is 525. The molecule has 2 aliphatic rings. The molecule has 2 saturated heterocycles. The molecule has 0 aromatic carbocycles. The number of amides is 1. The number of nitrogens with one attached hydrogen (secondary N) is 1. The Morgan fingerprint density at radius 3 is 2.10 bits per heavy atom. The van der Waals surface area contributed by atoms with Crippen LogP contribution in [0.1, 0.15) is 6.92 Å². The number of nitrogens with two attached hydrogens (primary N) is 1. The summed E-state index contributed by atoms with van der Waals surface area (Å²) in [6, 6.07) is -1.09. The molecule has 0 aliphatic carbocycles. The highest BCUT2D eigenvalue weighted by Crippen LogP contribution is 2.29. The largest absolute Gasteiger partial charge is 0.394 e. The first-order valence-electron chi connectivity index (χ1n) is 9.24. The van der Waals surface area contributed by atoms with E-state index in [0.29, 0.717) is 0 Å². The minimum Gasteiger partial charge on any atom is -0.394 e. The standard InChI is InChI=1S/C16H30N2O11/c1-6(21)18-9-14(11(23)8(5-20)27-15(9)26-3-2-17)29-16-13(25)12(24)10(22)7(4-19)28-16/h7-16,19-20,22-25H,2-5,17H2,1H3,(H,18,21)/t7-,8-,9-,10+,11-,12+,13-,14-,15-,16+/m1/s1. The molecule has 10 atom stereocenters. The van der Waals surface area contributed by atoms with Crippen molar-refractivity contribution in [2.24, 2.45) is 5.73 Å². The van der Waals surface area contributed by atoms with E-state index in [1.807, 2.05) is 0 Å². The van der Waals surface area contributed by atoms with Gasteiger partial charge in [0, 0.05) is 13.5 Å². The van der Waals surface area contributed by atoms with Crippen LogP contribution in [-0.2, 0) is 23.7 Å². The van der Waals surface area contributed by atoms with Crippen molar-refractivity contribution < 1.29 is 54.4 Å². The van der Waals surface area contributed by atoms with Gasteiger partial charge in [-0.3, -0.25) is 4.79 Å². The van der Waals surface area contributed by atoms with Gasteiger partial charge < -0.3 is 60.6 Å². The summed E-state index contributed by atoms with van der Waals surface area (Å²) >= 11 is 0. The fourth-order valence-electron chi connectivity index (χ4n) is 3.28. The number of aliphatic hydroxyl groups is 6. The monoisotopic (exact) mass is 426 g/mol. The summed E-state index contributed by atoms with van der Waals surface area (Å²) in [5.41, 5.74) is 5.42. The van der Waals surface area contributed by atoms with Crippen LogP contribution in [0.25, 0.3) is 0 Å². The molecule has 2 rings (SSSR count). The van der Waals surface area contributed by atoms with Crippen LogP contribution in [0.15, 0.2) is 0 Å². The van der Waals surface area contributed by atoms with Gasteiger partial charge in [-0.15, -0.1) is 0 Å². The summed E-state index contributed by atoms with van der Waals surface area (Å²) in [4.78, 5) is 11.7. The molecule has 2 fully saturated rings. The molecule has 0 aromatic rings. The second-order valence-electron chi connectivity index (χ2n) is 6.90. The van der Waals surface area contributed by atoms with Gasteiger partial charge in [-0.05, 0) is 0 Å². The lowest BCUT2D eigenvalue weighted by atomic mass is 9.95. The van der Waals surface area contributed by atoms with Gasteiger partial charge >= 0.3 is 0 Å². The van der Waals surface area contributed by atoms with E-state index >= 15 is 0 Å². The number of rotatable bonds is 8. The average molecular weight is 426 g/mol. The van der Waals surface area contributed by atoms with Gasteiger partial charge in [0.2, 0.25) is 5.91 Å². The highest BCUT2D eigenvalue weighted by Gasteiger charge is 2.51. The van der Waals surface area contributed by atoms with Gasteiger partial charge in [0.25, 0.3) is 0 Å². The van der Waals surface area contributed by atoms with Gasteiger partial charge in [0.1, 0.15) is 48.8 Å². The predicted molar refractivity (Wildman–Crippen MR) is 93.0 cm³/mol. The third kappa shape index (κ3) is 5.59. The molecule has 29 heavy (non-hydrogen) atoms. The van der Waals surface area contributed by atoms with E-state index in [2.05, 4.69) is 5.32 Å². The maximum atomic E-state index is 11.7. The lowest BCUT2D eigenvalue weighted by Crippen LogP contribution is -2.68. The minimum atomic E-state index is -1.73. The molecule has 2 aliphatic heterocycles. The second kappa shape index (κ2) is 10.9. The van der Waals surface area contributed by atoms with Crippen LogP contribution in [0.4, 0.5) is 0 Å². The molecular formula is C16H30N2O11. The molecule has 0 bridgehead atoms. The Kier molecular flexibility index (Phi) is 9.12. The number of aliphatic hydroxyl groups excluding tert-OH is 6. The lowest BCUT2D eigenvalue weighted by Gasteiger charge is -2.47. The Hall–Kier alpha value is -0.970. The van der Waals surface area contributed by atoms with Crippen LogP contribution in [0, 0.1) is 0 Å². The van der Waals surface area contributed by atoms with Crippen molar-refractivity contribution in [1.29, 1.82) is 0 Å². The van der Waals surface area contributed by atoms with Crippen molar-refractivity contribution in [2.75, 3.05) is 26.4 Å². The molecule has 13 heteroatoms. The van der Waals surface area contributed by atoms with E-state index in [9.17, 15) is 35.4 Å². The zero-order valence-corrected chi connectivity index (χ0v) is 15.9. The predicted octanol–water partition coefficient (Wildman–Crippen LogP) is -5.27. The lowest BCUT2D eigenvalue weighted by molar-refractivity contribution is -0.344. The Morgan fingerprint density at radius 1 is 0.966 bits per heavy atom. The number of carbonyl (C=O) groups excluding carboxylic acids is 1. The highest BCUT2D eigenvalue weighted by molar-refractivity contribution is 5.73. The first-order valence-corrected chi connectivity index (χ1v) is 9.24. The van der Waals surface area contributed by atoms with Gasteiger partial charge in [-0.1, -0.05) is 0 Å². The van der Waals surface area contributed by atoms with E-state index in [-0.39, 0.29) is 13.2 Å². The smallest absolute Gasteiger partial charge is 0.217 e. The molecule has 13 nitrogen and oxygen atoms in total. The first-order chi connectivity index (χ1) is 13.7. The Balaban J connectivity index is 2.26. The highest BCUT2D eigenvalue weighted by atomic mass is 16.7. The van der Waals surface area contributed by atoms with Crippen molar-refractivity contribution >= 4 is 5.91 Å². The van der Waals surface area contributed by atoms with Crippen molar-refractivity contribution in [1.82, 2.24) is 5.32 Å². The maximum absolute atomic E-state index is 11.7. The Labute approximate surface area is 166 Å². The quantitative estimate of drug-likeness (QED) is 0.183. The van der Waals surface area contributed by atoms with Crippen LogP contribution < -0.4 is 11.1 Å². The Morgan fingerprint density at radius 2 is 1.55 bits per heavy atom. The molecule has 0 aromatic heterocycles. The molecule has 0 unspecified atom stereocenters. The molecule has 0 spiro atoms. The average Bonchev–Trinajstić information content (AvgIpc) is 2.69. The fourth-order valence-corrected chi connectivity index (χ4v) is 3.28. The first kappa shape index (κ1) is 24.3. The molecule has 9 N–H and O–H groups in total. The third-order valence-corrected chi connectivity index (χ3v) is 4.76. The van der Waals surface area contributed by atoms with Crippen molar-refractivity contribution in [3.63, 3.8) is 0 Å². The number of hydrogen-bond donors (Lipinski definition) is 8. The maximum Gasteiger partial charge on any atom is 0.217 e. The normalized spacial score (nSPS) is 43.2. The molecular weight excluding hydrogens is 396 g/mol. The SMILES string of the molecule is CC(=O)N[C@H]1[C@H](OCCN)O[C@H](CO)[C@@H](O)[C@@H]1O[C@@H]1O[C@H](CO)[C@H](O)[C@H](O)[C@H]1O. The van der Waals surface area contributed by atoms with Gasteiger partial charge in [0.15, 0.2) is 12.6 Å². The summed E-state index contributed by atoms with van der Waals surface area (Å²) in [5, 5.41) is 61.9. The summed E-state index contributed by atoms with van der Waals surface area (Å²) < 4.78 is 21.9. The summed E-state index contributed by atoms with van der Waals surface area (Å²) in [6.45, 7) is 0.122. The van der Waals surface area contributed by atoms with Crippen LogP contribution >= 0.6 is 0 Å². The number of ether oxygens (including phenoxy) is 4.